The van der Waals surface area contributed by atoms with E-state index in [2.05, 4.69) is 15.6 Å². The summed E-state index contributed by atoms with van der Waals surface area (Å²) in [7, 11) is 0. The van der Waals surface area contributed by atoms with Crippen LogP contribution in [-0.4, -0.2) is 11.3 Å². The zero-order chi connectivity index (χ0) is 9.42. The molecule has 1 aliphatic rings. The predicted octanol–water partition coefficient (Wildman–Crippen LogP) is -0.899. The van der Waals surface area contributed by atoms with Crippen molar-refractivity contribution in [2.75, 3.05) is 5.32 Å². The minimum Gasteiger partial charge on any atom is -0.347 e. The number of H-pyrrole nitrogens is 1. The number of nitrogens with one attached hydrogen (secondary N) is 3. The number of fused-ring (bicyclic) bond motifs is 1. The van der Waals surface area contributed by atoms with Gasteiger partial charge >= 0.3 is 0 Å². The molecule has 0 radical (unpaired) electrons. The summed E-state index contributed by atoms with van der Waals surface area (Å²) in [5.41, 5.74) is 12.6. The van der Waals surface area contributed by atoms with E-state index < -0.39 is 6.17 Å². The SMILES string of the molecule is N#Cc1c[nH]c2c1C(N)NC(N)N2. The fourth-order valence-electron chi connectivity index (χ4n) is 1.44. The molecule has 13 heavy (non-hydrogen) atoms. The Morgan fingerprint density at radius 2 is 2.23 bits per heavy atom. The van der Waals surface area contributed by atoms with Crippen LogP contribution in [0.4, 0.5) is 5.82 Å². The highest BCUT2D eigenvalue weighted by Gasteiger charge is 2.24. The Labute approximate surface area is 74.9 Å². The van der Waals surface area contributed by atoms with Crippen LogP contribution in [0.3, 0.4) is 0 Å². The standard InChI is InChI=1S/C7H10N6/c8-1-3-2-11-6-4(3)5(9)12-7(10)13-6/h2,5,7,11-13H,9-10H2. The van der Waals surface area contributed by atoms with Crippen molar-refractivity contribution in [3.05, 3.63) is 17.3 Å². The van der Waals surface area contributed by atoms with Crippen molar-refractivity contribution in [1.29, 1.82) is 5.26 Å². The molecule has 2 unspecified atom stereocenters. The molecule has 0 aliphatic carbocycles. The molecule has 1 aliphatic heterocycles. The molecule has 0 spiro atoms. The average Bonchev–Trinajstić information content (AvgIpc) is 2.47. The molecule has 2 rings (SSSR count). The van der Waals surface area contributed by atoms with Crippen molar-refractivity contribution in [3.8, 4) is 6.07 Å². The fraction of sp³-hybridized carbons (Fsp3) is 0.286. The summed E-state index contributed by atoms with van der Waals surface area (Å²) in [4.78, 5) is 2.90. The third-order valence-corrected chi connectivity index (χ3v) is 2.01. The Morgan fingerprint density at radius 3 is 2.92 bits per heavy atom. The van der Waals surface area contributed by atoms with Gasteiger partial charge in [0.25, 0.3) is 0 Å². The maximum atomic E-state index is 8.75. The Morgan fingerprint density at radius 1 is 1.46 bits per heavy atom. The number of aromatic amines is 1. The predicted molar refractivity (Wildman–Crippen MR) is 47.2 cm³/mol. The topological polar surface area (TPSA) is 116 Å². The van der Waals surface area contributed by atoms with Crippen LogP contribution >= 0.6 is 0 Å². The monoisotopic (exact) mass is 178 g/mol. The van der Waals surface area contributed by atoms with E-state index in [9.17, 15) is 0 Å². The highest BCUT2D eigenvalue weighted by Crippen LogP contribution is 2.26. The van der Waals surface area contributed by atoms with Crippen LogP contribution in [0.25, 0.3) is 0 Å². The number of nitriles is 1. The zero-order valence-corrected chi connectivity index (χ0v) is 6.83. The fourth-order valence-corrected chi connectivity index (χ4v) is 1.44. The number of aromatic nitrogens is 1. The number of rotatable bonds is 0. The Kier molecular flexibility index (Phi) is 1.70. The molecule has 0 bridgehead atoms. The first kappa shape index (κ1) is 8.07. The van der Waals surface area contributed by atoms with Gasteiger partial charge in [-0.1, -0.05) is 0 Å². The van der Waals surface area contributed by atoms with Crippen LogP contribution in [0.1, 0.15) is 17.3 Å². The molecule has 0 saturated carbocycles. The number of nitrogens with two attached hydrogens (primary N) is 2. The first-order valence-corrected chi connectivity index (χ1v) is 3.87. The summed E-state index contributed by atoms with van der Waals surface area (Å²) in [6.07, 6.45) is 0.830. The van der Waals surface area contributed by atoms with Gasteiger partial charge in [0.05, 0.1) is 11.7 Å². The minimum absolute atomic E-state index is 0.382. The van der Waals surface area contributed by atoms with Gasteiger partial charge in [-0.25, -0.2) is 0 Å². The maximum Gasteiger partial charge on any atom is 0.132 e. The van der Waals surface area contributed by atoms with E-state index in [1.807, 2.05) is 6.07 Å². The Balaban J connectivity index is 2.47. The lowest BCUT2D eigenvalue weighted by molar-refractivity contribution is 0.464. The van der Waals surface area contributed by atoms with Crippen LogP contribution < -0.4 is 22.1 Å². The van der Waals surface area contributed by atoms with Gasteiger partial charge in [-0.05, 0) is 0 Å². The van der Waals surface area contributed by atoms with E-state index in [4.69, 9.17) is 16.7 Å². The van der Waals surface area contributed by atoms with Crippen LogP contribution in [-0.2, 0) is 0 Å². The molecule has 0 saturated heterocycles. The summed E-state index contributed by atoms with van der Waals surface area (Å²) in [6.45, 7) is 0. The van der Waals surface area contributed by atoms with Gasteiger partial charge < -0.3 is 16.0 Å². The molecule has 0 amide bonds. The number of nitrogens with zero attached hydrogens (tertiary/aromatic N) is 1. The molecule has 1 aromatic heterocycles. The smallest absolute Gasteiger partial charge is 0.132 e. The van der Waals surface area contributed by atoms with Gasteiger partial charge in [0.2, 0.25) is 0 Å². The van der Waals surface area contributed by atoms with E-state index >= 15 is 0 Å². The van der Waals surface area contributed by atoms with Gasteiger partial charge in [0, 0.05) is 11.8 Å². The first-order valence-electron chi connectivity index (χ1n) is 3.87. The van der Waals surface area contributed by atoms with E-state index in [1.165, 1.54) is 0 Å². The molecule has 7 N–H and O–H groups in total. The second kappa shape index (κ2) is 2.74. The zero-order valence-electron chi connectivity index (χ0n) is 6.83. The lowest BCUT2D eigenvalue weighted by atomic mass is 10.1. The van der Waals surface area contributed by atoms with Crippen LogP contribution in [0.15, 0.2) is 6.20 Å². The molecule has 6 nitrogen and oxygen atoms in total. The normalized spacial score (nSPS) is 25.9. The summed E-state index contributed by atoms with van der Waals surface area (Å²) >= 11 is 0. The van der Waals surface area contributed by atoms with Crippen LogP contribution in [0.2, 0.25) is 0 Å². The third kappa shape index (κ3) is 1.15. The van der Waals surface area contributed by atoms with Crippen molar-refractivity contribution in [3.63, 3.8) is 0 Å². The summed E-state index contributed by atoms with van der Waals surface area (Å²) in [5.74, 6) is 0.718. The van der Waals surface area contributed by atoms with E-state index in [0.717, 1.165) is 11.4 Å². The van der Waals surface area contributed by atoms with Gasteiger partial charge in [0.15, 0.2) is 0 Å². The Hall–Kier alpha value is -1.55. The van der Waals surface area contributed by atoms with E-state index in [1.54, 1.807) is 6.20 Å². The highest BCUT2D eigenvalue weighted by atomic mass is 15.3. The highest BCUT2D eigenvalue weighted by molar-refractivity contribution is 5.57. The second-order valence-electron chi connectivity index (χ2n) is 2.87. The van der Waals surface area contributed by atoms with E-state index in [0.29, 0.717) is 5.56 Å². The average molecular weight is 178 g/mol. The van der Waals surface area contributed by atoms with Crippen molar-refractivity contribution >= 4 is 5.82 Å². The van der Waals surface area contributed by atoms with Crippen LogP contribution in [0, 0.1) is 11.3 Å². The number of hydrogen-bond acceptors (Lipinski definition) is 5. The van der Waals surface area contributed by atoms with Gasteiger partial charge in [-0.15, -0.1) is 0 Å². The minimum atomic E-state index is -0.396. The third-order valence-electron chi connectivity index (χ3n) is 2.01. The molecule has 2 atom stereocenters. The van der Waals surface area contributed by atoms with E-state index in [-0.39, 0.29) is 6.29 Å². The molecular weight excluding hydrogens is 168 g/mol. The molecule has 6 heteroatoms. The molecule has 1 aromatic rings. The number of anilines is 1. The summed E-state index contributed by atoms with van der Waals surface area (Å²) in [5, 5.41) is 14.5. The largest absolute Gasteiger partial charge is 0.347 e. The lowest BCUT2D eigenvalue weighted by Gasteiger charge is -2.27. The number of hydrogen-bond donors (Lipinski definition) is 5. The van der Waals surface area contributed by atoms with Gasteiger partial charge in [0.1, 0.15) is 18.2 Å². The summed E-state index contributed by atoms with van der Waals surface area (Å²) in [6, 6.07) is 2.05. The first-order chi connectivity index (χ1) is 6.22. The lowest BCUT2D eigenvalue weighted by Crippen LogP contribution is -2.51. The van der Waals surface area contributed by atoms with Crippen molar-refractivity contribution < 1.29 is 0 Å². The van der Waals surface area contributed by atoms with Gasteiger partial charge in [-0.3, -0.25) is 11.1 Å². The molecule has 68 valence electrons. The maximum absolute atomic E-state index is 8.75. The van der Waals surface area contributed by atoms with Crippen molar-refractivity contribution in [1.82, 2.24) is 10.3 Å². The molecule has 0 fully saturated rings. The quantitative estimate of drug-likeness (QED) is 0.353. The van der Waals surface area contributed by atoms with Crippen LogP contribution in [0.5, 0.6) is 0 Å². The van der Waals surface area contributed by atoms with Crippen molar-refractivity contribution in [2.24, 2.45) is 11.5 Å². The van der Waals surface area contributed by atoms with Gasteiger partial charge in [-0.2, -0.15) is 5.26 Å². The molecule has 0 aromatic carbocycles. The summed E-state index contributed by atoms with van der Waals surface area (Å²) < 4.78 is 0. The molecule has 2 heterocycles. The molecular formula is C7H10N6. The van der Waals surface area contributed by atoms with Crippen molar-refractivity contribution in [2.45, 2.75) is 12.5 Å². The Bertz CT molecular complexity index is 362. The second-order valence-corrected chi connectivity index (χ2v) is 2.87.